The SMILES string of the molecule is NCCCNC[C@@H]1CC[C@@H](N)[C@@H](OC2[C@@H](N)C[C@@H](NC(=O)N(O)CCN)[C@H](O[C@H]3O[C@H](CO)[C@@H](O)[C@H](N)[C@H]3O)[C@H]2O)O1. The number of nitrogens with zero attached hydrogens (tertiary/aromatic N) is 1. The van der Waals surface area contributed by atoms with Crippen LogP contribution < -0.4 is 39.3 Å². The predicted octanol–water partition coefficient (Wildman–Crippen LogP) is -5.89. The zero-order chi connectivity index (χ0) is 31.0. The molecule has 18 nitrogen and oxygen atoms in total. The lowest BCUT2D eigenvalue weighted by molar-refractivity contribution is -0.314. The highest BCUT2D eigenvalue weighted by atomic mass is 16.7. The molecule has 1 unspecified atom stereocenters. The van der Waals surface area contributed by atoms with Crippen molar-refractivity contribution in [3.63, 3.8) is 0 Å². The largest absolute Gasteiger partial charge is 0.394 e. The number of urea groups is 1. The van der Waals surface area contributed by atoms with E-state index in [9.17, 15) is 30.4 Å². The summed E-state index contributed by atoms with van der Waals surface area (Å²) in [6, 6.07) is -4.54. The molecule has 2 amide bonds. The van der Waals surface area contributed by atoms with Gasteiger partial charge in [0.15, 0.2) is 12.6 Å². The third-order valence-electron chi connectivity index (χ3n) is 7.85. The van der Waals surface area contributed by atoms with Gasteiger partial charge in [-0.05, 0) is 38.8 Å². The molecule has 13 atom stereocenters. The molecular formula is C24H50N8O10. The van der Waals surface area contributed by atoms with Gasteiger partial charge in [-0.15, -0.1) is 0 Å². The first-order valence-corrected chi connectivity index (χ1v) is 14.4. The Balaban J connectivity index is 1.77. The molecule has 3 fully saturated rings. The Morgan fingerprint density at radius 1 is 0.929 bits per heavy atom. The lowest BCUT2D eigenvalue weighted by atomic mass is 9.83. The first kappa shape index (κ1) is 35.2. The van der Waals surface area contributed by atoms with Crippen LogP contribution in [0.4, 0.5) is 4.79 Å². The second-order valence-corrected chi connectivity index (χ2v) is 11.1. The summed E-state index contributed by atoms with van der Waals surface area (Å²) in [5.74, 6) is 0. The summed E-state index contributed by atoms with van der Waals surface area (Å²) in [5, 5.41) is 58.2. The molecular weight excluding hydrogens is 560 g/mol. The van der Waals surface area contributed by atoms with E-state index in [-0.39, 0.29) is 25.6 Å². The molecule has 0 spiro atoms. The van der Waals surface area contributed by atoms with Crippen LogP contribution in [0.1, 0.15) is 25.7 Å². The van der Waals surface area contributed by atoms with Gasteiger partial charge in [0.2, 0.25) is 0 Å². The number of ether oxygens (including phenoxy) is 4. The molecule has 18 heteroatoms. The molecule has 42 heavy (non-hydrogen) atoms. The molecule has 0 aromatic heterocycles. The number of carbonyl (C=O) groups is 1. The Labute approximate surface area is 244 Å². The summed E-state index contributed by atoms with van der Waals surface area (Å²) in [4.78, 5) is 12.6. The minimum absolute atomic E-state index is 0.00154. The normalized spacial score (nSPS) is 41.0. The van der Waals surface area contributed by atoms with Crippen molar-refractivity contribution in [1.82, 2.24) is 15.7 Å². The average Bonchev–Trinajstić information content (AvgIpc) is 2.96. The fourth-order valence-corrected chi connectivity index (χ4v) is 5.38. The first-order chi connectivity index (χ1) is 20.0. The summed E-state index contributed by atoms with van der Waals surface area (Å²) in [5.41, 5.74) is 29.6. The van der Waals surface area contributed by atoms with E-state index in [2.05, 4.69) is 10.6 Å². The van der Waals surface area contributed by atoms with Gasteiger partial charge in [-0.1, -0.05) is 0 Å². The molecule has 246 valence electrons. The number of amides is 2. The minimum Gasteiger partial charge on any atom is -0.394 e. The first-order valence-electron chi connectivity index (χ1n) is 14.4. The van der Waals surface area contributed by atoms with Crippen LogP contribution in [0.3, 0.4) is 0 Å². The summed E-state index contributed by atoms with van der Waals surface area (Å²) >= 11 is 0. The van der Waals surface area contributed by atoms with Gasteiger partial charge < -0.3 is 78.7 Å². The summed E-state index contributed by atoms with van der Waals surface area (Å²) in [7, 11) is 0. The zero-order valence-corrected chi connectivity index (χ0v) is 23.7. The lowest BCUT2D eigenvalue weighted by Gasteiger charge is -2.48. The van der Waals surface area contributed by atoms with Crippen LogP contribution in [-0.4, -0.2) is 156 Å². The van der Waals surface area contributed by atoms with E-state index in [0.717, 1.165) is 13.0 Å². The van der Waals surface area contributed by atoms with E-state index in [1.807, 2.05) is 0 Å². The quantitative estimate of drug-likeness (QED) is 0.0524. The van der Waals surface area contributed by atoms with Gasteiger partial charge >= 0.3 is 6.03 Å². The highest BCUT2D eigenvalue weighted by molar-refractivity contribution is 5.73. The molecule has 3 aliphatic rings. The molecule has 1 saturated carbocycles. The molecule has 1 aliphatic carbocycles. The maximum Gasteiger partial charge on any atom is 0.341 e. The fraction of sp³-hybridized carbons (Fsp3) is 0.958. The molecule has 0 aromatic rings. The van der Waals surface area contributed by atoms with Gasteiger partial charge in [0.1, 0.15) is 36.6 Å². The van der Waals surface area contributed by atoms with Gasteiger partial charge in [-0.2, -0.15) is 0 Å². The van der Waals surface area contributed by atoms with Crippen LogP contribution in [0.15, 0.2) is 0 Å². The number of nitrogens with two attached hydrogens (primary N) is 5. The number of hydrogen-bond acceptors (Lipinski definition) is 16. The third kappa shape index (κ3) is 8.87. The van der Waals surface area contributed by atoms with Gasteiger partial charge in [-0.3, -0.25) is 5.21 Å². The number of rotatable bonds is 13. The van der Waals surface area contributed by atoms with Crippen LogP contribution in [0.5, 0.6) is 0 Å². The Morgan fingerprint density at radius 3 is 2.31 bits per heavy atom. The summed E-state index contributed by atoms with van der Waals surface area (Å²) in [6.07, 6.45) is -8.56. The summed E-state index contributed by atoms with van der Waals surface area (Å²) in [6.45, 7) is 1.05. The average molecular weight is 611 g/mol. The highest BCUT2D eigenvalue weighted by Crippen LogP contribution is 2.31. The minimum atomic E-state index is -1.56. The molecule has 17 N–H and O–H groups in total. The molecule has 3 rings (SSSR count). The maximum absolute atomic E-state index is 12.6. The number of aliphatic hydroxyl groups is 4. The molecule has 2 aliphatic heterocycles. The number of aliphatic hydroxyl groups excluding tert-OH is 4. The molecule has 0 bridgehead atoms. The van der Waals surface area contributed by atoms with Crippen LogP contribution >= 0.6 is 0 Å². The Hall–Kier alpha value is -1.33. The van der Waals surface area contributed by atoms with E-state index in [1.54, 1.807) is 0 Å². The smallest absolute Gasteiger partial charge is 0.341 e. The van der Waals surface area contributed by atoms with E-state index in [0.29, 0.717) is 31.0 Å². The van der Waals surface area contributed by atoms with Crippen LogP contribution in [0.2, 0.25) is 0 Å². The van der Waals surface area contributed by atoms with E-state index in [1.165, 1.54) is 0 Å². The van der Waals surface area contributed by atoms with Crippen molar-refractivity contribution in [1.29, 1.82) is 0 Å². The van der Waals surface area contributed by atoms with E-state index < -0.39 is 86.0 Å². The number of carbonyl (C=O) groups excluding carboxylic acids is 1. The van der Waals surface area contributed by atoms with Crippen molar-refractivity contribution >= 4 is 6.03 Å². The van der Waals surface area contributed by atoms with Crippen molar-refractivity contribution in [2.75, 3.05) is 39.3 Å². The van der Waals surface area contributed by atoms with Crippen molar-refractivity contribution in [2.45, 2.75) is 105 Å². The van der Waals surface area contributed by atoms with Crippen molar-refractivity contribution in [2.24, 2.45) is 28.7 Å². The maximum atomic E-state index is 12.6. The fourth-order valence-electron chi connectivity index (χ4n) is 5.38. The van der Waals surface area contributed by atoms with Crippen molar-refractivity contribution in [3.8, 4) is 0 Å². The molecule has 2 saturated heterocycles. The monoisotopic (exact) mass is 610 g/mol. The van der Waals surface area contributed by atoms with Crippen LogP contribution in [0.25, 0.3) is 0 Å². The van der Waals surface area contributed by atoms with Crippen LogP contribution in [0, 0.1) is 0 Å². The topological polar surface area (TPSA) is 313 Å². The van der Waals surface area contributed by atoms with Crippen molar-refractivity contribution in [3.05, 3.63) is 0 Å². The van der Waals surface area contributed by atoms with Crippen LogP contribution in [-0.2, 0) is 18.9 Å². The highest BCUT2D eigenvalue weighted by Gasteiger charge is 2.51. The van der Waals surface area contributed by atoms with E-state index >= 15 is 0 Å². The Bertz CT molecular complexity index is 821. The van der Waals surface area contributed by atoms with Gasteiger partial charge in [-0.25, -0.2) is 9.86 Å². The number of hydroxylamine groups is 2. The standard InChI is InChI=1S/C24H50N8O10/c25-4-1-6-30-9-11-2-3-12(27)22(39-11)41-20-13(28)8-14(31-24(37)32(38)7-5-26)21(19(20)36)42-23-18(35)16(29)17(34)15(10-33)40-23/h11-23,30,33-36,38H,1-10,25-29H2,(H,31,37)/t11-,12+,13-,14+,15+,16-,17+,18+,19-,20?,21-,22+,23+/m0/s1. The second-order valence-electron chi connectivity index (χ2n) is 11.1. The van der Waals surface area contributed by atoms with E-state index in [4.69, 9.17) is 47.6 Å². The van der Waals surface area contributed by atoms with Gasteiger partial charge in [0.25, 0.3) is 0 Å². The number of nitrogens with one attached hydrogen (secondary N) is 2. The zero-order valence-electron chi connectivity index (χ0n) is 23.7. The predicted molar refractivity (Wildman–Crippen MR) is 146 cm³/mol. The molecule has 0 aromatic carbocycles. The summed E-state index contributed by atoms with van der Waals surface area (Å²) < 4.78 is 23.7. The van der Waals surface area contributed by atoms with Gasteiger partial charge in [0.05, 0.1) is 37.4 Å². The second kappa shape index (κ2) is 16.7. The van der Waals surface area contributed by atoms with Crippen molar-refractivity contribution < 1.29 is 49.4 Å². The molecule has 2 heterocycles. The van der Waals surface area contributed by atoms with Gasteiger partial charge in [0, 0.05) is 19.1 Å². The Morgan fingerprint density at radius 2 is 1.64 bits per heavy atom. The lowest BCUT2D eigenvalue weighted by Crippen LogP contribution is -2.69. The molecule has 0 radical (unpaired) electrons. The third-order valence-corrected chi connectivity index (χ3v) is 7.85. The Kier molecular flexibility index (Phi) is 13.9. The number of hydrogen-bond donors (Lipinski definition) is 12.